The van der Waals surface area contributed by atoms with E-state index in [1.165, 1.54) is 0 Å². The summed E-state index contributed by atoms with van der Waals surface area (Å²) in [4.78, 5) is 25.7. The number of nitrogens with one attached hydrogen (secondary N) is 1. The third-order valence-electron chi connectivity index (χ3n) is 4.14. The van der Waals surface area contributed by atoms with E-state index in [1.807, 2.05) is 4.90 Å². The van der Waals surface area contributed by atoms with Gasteiger partial charge in [0.1, 0.15) is 0 Å². The smallest absolute Gasteiger partial charge is 0.241 e. The second-order valence-electron chi connectivity index (χ2n) is 5.67. The molecule has 0 aromatic heterocycles. The Morgan fingerprint density at radius 2 is 1.79 bits per heavy atom. The van der Waals surface area contributed by atoms with E-state index < -0.39 is 0 Å². The largest absolute Gasteiger partial charge is 0.381 e. The molecule has 19 heavy (non-hydrogen) atoms. The van der Waals surface area contributed by atoms with Gasteiger partial charge in [0.05, 0.1) is 6.54 Å². The number of ether oxygens (including phenoxy) is 1. The van der Waals surface area contributed by atoms with Crippen molar-refractivity contribution in [1.82, 2.24) is 10.2 Å². The van der Waals surface area contributed by atoms with E-state index in [-0.39, 0.29) is 24.3 Å². The lowest BCUT2D eigenvalue weighted by atomic mass is 9.99. The lowest BCUT2D eigenvalue weighted by molar-refractivity contribution is -0.135. The first-order valence-electron chi connectivity index (χ1n) is 7.30. The first kappa shape index (κ1) is 14.3. The van der Waals surface area contributed by atoms with Crippen LogP contribution in [0.5, 0.6) is 0 Å². The van der Waals surface area contributed by atoms with Crippen LogP contribution < -0.4 is 5.32 Å². The van der Waals surface area contributed by atoms with Crippen LogP contribution in [-0.4, -0.2) is 49.6 Å². The van der Waals surface area contributed by atoms with Crippen LogP contribution in [0.1, 0.15) is 32.6 Å². The molecule has 5 nitrogen and oxygen atoms in total. The highest BCUT2D eigenvalue weighted by Gasteiger charge is 2.24. The van der Waals surface area contributed by atoms with Crippen LogP contribution in [0.15, 0.2) is 0 Å². The molecule has 0 atom stereocenters. The minimum absolute atomic E-state index is 0.00188. The van der Waals surface area contributed by atoms with Gasteiger partial charge in [-0.05, 0) is 31.6 Å². The maximum Gasteiger partial charge on any atom is 0.241 e. The van der Waals surface area contributed by atoms with E-state index in [1.54, 1.807) is 0 Å². The van der Waals surface area contributed by atoms with Crippen molar-refractivity contribution < 1.29 is 14.3 Å². The van der Waals surface area contributed by atoms with Gasteiger partial charge >= 0.3 is 0 Å². The molecule has 0 saturated carbocycles. The van der Waals surface area contributed by atoms with E-state index in [0.717, 1.165) is 38.8 Å². The Kier molecular flexibility index (Phi) is 5.19. The summed E-state index contributed by atoms with van der Waals surface area (Å²) in [5.74, 6) is 0.776. The molecule has 2 rings (SSSR count). The Morgan fingerprint density at radius 3 is 2.42 bits per heavy atom. The van der Waals surface area contributed by atoms with Gasteiger partial charge in [-0.15, -0.1) is 0 Å². The zero-order chi connectivity index (χ0) is 13.7. The summed E-state index contributed by atoms with van der Waals surface area (Å²) in [6.45, 7) is 5.31. The van der Waals surface area contributed by atoms with Gasteiger partial charge < -0.3 is 15.0 Å². The van der Waals surface area contributed by atoms with Gasteiger partial charge in [0.2, 0.25) is 11.8 Å². The topological polar surface area (TPSA) is 58.6 Å². The van der Waals surface area contributed by atoms with Gasteiger partial charge in [0.15, 0.2) is 0 Å². The first-order valence-corrected chi connectivity index (χ1v) is 7.30. The van der Waals surface area contributed by atoms with Crippen LogP contribution in [0, 0.1) is 11.8 Å². The predicted molar refractivity (Wildman–Crippen MR) is 71.5 cm³/mol. The monoisotopic (exact) mass is 268 g/mol. The van der Waals surface area contributed by atoms with Gasteiger partial charge in [-0.1, -0.05) is 6.92 Å². The number of carbonyl (C=O) groups is 2. The van der Waals surface area contributed by atoms with Crippen LogP contribution in [0.3, 0.4) is 0 Å². The molecule has 2 fully saturated rings. The van der Waals surface area contributed by atoms with Crippen molar-refractivity contribution in [2.24, 2.45) is 11.8 Å². The molecule has 2 amide bonds. The fraction of sp³-hybridized carbons (Fsp3) is 0.857. The summed E-state index contributed by atoms with van der Waals surface area (Å²) in [6, 6.07) is 0. The van der Waals surface area contributed by atoms with Crippen LogP contribution in [0.2, 0.25) is 0 Å². The fourth-order valence-electron chi connectivity index (χ4n) is 2.64. The second-order valence-corrected chi connectivity index (χ2v) is 5.67. The SMILES string of the molecule is CC1CCN(C(=O)CNC(=O)C2CCOCC2)CC1. The fourth-order valence-corrected chi connectivity index (χ4v) is 2.64. The lowest BCUT2D eigenvalue weighted by Gasteiger charge is -2.30. The summed E-state index contributed by atoms with van der Waals surface area (Å²) in [7, 11) is 0. The van der Waals surface area contributed by atoms with Gasteiger partial charge in [-0.3, -0.25) is 9.59 Å². The van der Waals surface area contributed by atoms with Crippen LogP contribution in [0.4, 0.5) is 0 Å². The Bertz CT molecular complexity index is 319. The number of likely N-dealkylation sites (tertiary alicyclic amines) is 1. The molecule has 0 spiro atoms. The summed E-state index contributed by atoms with van der Waals surface area (Å²) >= 11 is 0. The number of piperidine rings is 1. The van der Waals surface area contributed by atoms with E-state index in [2.05, 4.69) is 12.2 Å². The van der Waals surface area contributed by atoms with Crippen molar-refractivity contribution in [2.75, 3.05) is 32.8 Å². The third-order valence-corrected chi connectivity index (χ3v) is 4.14. The summed E-state index contributed by atoms with van der Waals surface area (Å²) < 4.78 is 5.23. The maximum absolute atomic E-state index is 12.0. The summed E-state index contributed by atoms with van der Waals surface area (Å²) in [6.07, 6.45) is 3.67. The average Bonchev–Trinajstić information content (AvgIpc) is 2.46. The molecule has 0 unspecified atom stereocenters. The van der Waals surface area contributed by atoms with Crippen molar-refractivity contribution in [3.05, 3.63) is 0 Å². The highest BCUT2D eigenvalue weighted by molar-refractivity contribution is 5.85. The highest BCUT2D eigenvalue weighted by Crippen LogP contribution is 2.16. The molecular weight excluding hydrogens is 244 g/mol. The molecule has 2 aliphatic heterocycles. The Hall–Kier alpha value is -1.10. The number of nitrogens with zero attached hydrogens (tertiary/aromatic N) is 1. The third kappa shape index (κ3) is 4.20. The minimum atomic E-state index is 0.00188. The standard InChI is InChI=1S/C14H24N2O3/c1-11-2-6-16(7-3-11)13(17)10-15-14(18)12-4-8-19-9-5-12/h11-12H,2-10H2,1H3,(H,15,18). The average molecular weight is 268 g/mol. The van der Waals surface area contributed by atoms with E-state index in [4.69, 9.17) is 4.74 Å². The Balaban J connectivity index is 1.69. The molecule has 0 radical (unpaired) electrons. The van der Waals surface area contributed by atoms with Gasteiger partial charge in [0.25, 0.3) is 0 Å². The molecule has 2 saturated heterocycles. The van der Waals surface area contributed by atoms with E-state index >= 15 is 0 Å². The number of carbonyl (C=O) groups excluding carboxylic acids is 2. The minimum Gasteiger partial charge on any atom is -0.381 e. The van der Waals surface area contributed by atoms with Crippen LogP contribution in [-0.2, 0) is 14.3 Å². The summed E-state index contributed by atoms with van der Waals surface area (Å²) in [5.41, 5.74) is 0. The molecule has 0 aromatic carbocycles. The molecule has 0 bridgehead atoms. The number of amides is 2. The van der Waals surface area contributed by atoms with Crippen molar-refractivity contribution in [3.63, 3.8) is 0 Å². The van der Waals surface area contributed by atoms with Crippen molar-refractivity contribution in [3.8, 4) is 0 Å². The quantitative estimate of drug-likeness (QED) is 0.823. The molecule has 0 aromatic rings. The van der Waals surface area contributed by atoms with Crippen molar-refractivity contribution >= 4 is 11.8 Å². The van der Waals surface area contributed by atoms with E-state index in [9.17, 15) is 9.59 Å². The first-order chi connectivity index (χ1) is 9.16. The number of hydrogen-bond acceptors (Lipinski definition) is 3. The maximum atomic E-state index is 12.0. The predicted octanol–water partition coefficient (Wildman–Crippen LogP) is 0.788. The van der Waals surface area contributed by atoms with Crippen molar-refractivity contribution in [1.29, 1.82) is 0 Å². The normalized spacial score (nSPS) is 22.3. The van der Waals surface area contributed by atoms with Crippen LogP contribution >= 0.6 is 0 Å². The number of hydrogen-bond donors (Lipinski definition) is 1. The molecule has 2 aliphatic rings. The summed E-state index contributed by atoms with van der Waals surface area (Å²) in [5, 5.41) is 2.77. The zero-order valence-corrected chi connectivity index (χ0v) is 11.7. The van der Waals surface area contributed by atoms with Gasteiger partial charge in [0, 0.05) is 32.2 Å². The van der Waals surface area contributed by atoms with E-state index in [0.29, 0.717) is 19.1 Å². The van der Waals surface area contributed by atoms with Gasteiger partial charge in [-0.25, -0.2) is 0 Å². The van der Waals surface area contributed by atoms with Gasteiger partial charge in [-0.2, -0.15) is 0 Å². The van der Waals surface area contributed by atoms with Crippen LogP contribution in [0.25, 0.3) is 0 Å². The molecule has 5 heteroatoms. The lowest BCUT2D eigenvalue weighted by Crippen LogP contribution is -2.45. The number of rotatable bonds is 3. The second kappa shape index (κ2) is 6.89. The molecule has 0 aliphatic carbocycles. The molecule has 2 heterocycles. The molecular formula is C14H24N2O3. The Labute approximate surface area is 114 Å². The molecule has 1 N–H and O–H groups in total. The molecule has 108 valence electrons. The zero-order valence-electron chi connectivity index (χ0n) is 11.7. The van der Waals surface area contributed by atoms with Crippen molar-refractivity contribution in [2.45, 2.75) is 32.6 Å². The highest BCUT2D eigenvalue weighted by atomic mass is 16.5. The Morgan fingerprint density at radius 1 is 1.16 bits per heavy atom.